The molecule has 0 amide bonds. The average molecular weight is 233 g/mol. The zero-order valence-corrected chi connectivity index (χ0v) is 10.6. The van der Waals surface area contributed by atoms with Crippen molar-refractivity contribution >= 4 is 0 Å². The quantitative estimate of drug-likeness (QED) is 0.806. The number of nitrogens with zero attached hydrogens (tertiary/aromatic N) is 2. The number of likely N-dealkylation sites (tertiary alicyclic amines) is 1. The first-order chi connectivity index (χ1) is 8.36. The lowest BCUT2D eigenvalue weighted by Crippen LogP contribution is -2.44. The summed E-state index contributed by atoms with van der Waals surface area (Å²) >= 11 is 0. The number of hydrogen-bond acceptors (Lipinski definition) is 3. The molecule has 2 aliphatic carbocycles. The molecule has 3 rings (SSSR count). The maximum absolute atomic E-state index is 9.22. The fourth-order valence-corrected chi connectivity index (χ4v) is 3.63. The topological polar surface area (TPSA) is 39.1 Å². The molecule has 1 saturated heterocycles. The first-order valence-corrected chi connectivity index (χ1v) is 7.26. The van der Waals surface area contributed by atoms with Crippen LogP contribution in [0.15, 0.2) is 0 Å². The summed E-state index contributed by atoms with van der Waals surface area (Å²) in [5.41, 5.74) is 0. The first-order valence-electron chi connectivity index (χ1n) is 7.26. The van der Waals surface area contributed by atoms with Crippen LogP contribution >= 0.6 is 0 Å². The van der Waals surface area contributed by atoms with E-state index in [0.717, 1.165) is 18.5 Å². The van der Waals surface area contributed by atoms with Crippen LogP contribution in [-0.2, 0) is 0 Å². The number of fused-ring (bicyclic) bond motifs is 1. The number of rotatable bonds is 4. The molecule has 3 unspecified atom stereocenters. The molecule has 1 heterocycles. The summed E-state index contributed by atoms with van der Waals surface area (Å²) in [5.74, 6) is 0.934. The van der Waals surface area contributed by atoms with E-state index in [1.807, 2.05) is 0 Å². The molecule has 94 valence electrons. The van der Waals surface area contributed by atoms with Gasteiger partial charge >= 0.3 is 0 Å². The van der Waals surface area contributed by atoms with E-state index in [0.29, 0.717) is 6.04 Å². The predicted octanol–water partition coefficient (Wildman–Crippen LogP) is 1.90. The highest BCUT2D eigenvalue weighted by Gasteiger charge is 2.37. The lowest BCUT2D eigenvalue weighted by molar-refractivity contribution is 0.175. The maximum atomic E-state index is 9.22. The van der Waals surface area contributed by atoms with E-state index in [4.69, 9.17) is 0 Å². The van der Waals surface area contributed by atoms with Crippen LogP contribution in [0.1, 0.15) is 44.9 Å². The van der Waals surface area contributed by atoms with E-state index in [9.17, 15) is 5.26 Å². The molecule has 3 nitrogen and oxygen atoms in total. The molecule has 0 bridgehead atoms. The van der Waals surface area contributed by atoms with Crippen LogP contribution in [0.5, 0.6) is 0 Å². The van der Waals surface area contributed by atoms with Gasteiger partial charge in [0.05, 0.1) is 6.07 Å². The van der Waals surface area contributed by atoms with Crippen LogP contribution in [0.25, 0.3) is 0 Å². The van der Waals surface area contributed by atoms with Crippen molar-refractivity contribution in [1.82, 2.24) is 10.2 Å². The van der Waals surface area contributed by atoms with Crippen LogP contribution in [0.3, 0.4) is 0 Å². The second-order valence-corrected chi connectivity index (χ2v) is 6.02. The van der Waals surface area contributed by atoms with Gasteiger partial charge in [-0.15, -0.1) is 0 Å². The van der Waals surface area contributed by atoms with Crippen LogP contribution in [0, 0.1) is 17.2 Å². The van der Waals surface area contributed by atoms with Crippen molar-refractivity contribution in [1.29, 1.82) is 5.26 Å². The molecule has 3 heteroatoms. The van der Waals surface area contributed by atoms with Crippen LogP contribution in [-0.4, -0.2) is 36.1 Å². The van der Waals surface area contributed by atoms with Gasteiger partial charge in [0, 0.05) is 18.6 Å². The molecule has 2 saturated carbocycles. The Hall–Kier alpha value is -0.590. The third kappa shape index (κ3) is 2.64. The molecule has 0 aromatic rings. The minimum atomic E-state index is 0.0585. The monoisotopic (exact) mass is 233 g/mol. The van der Waals surface area contributed by atoms with Gasteiger partial charge in [-0.1, -0.05) is 12.8 Å². The molecule has 1 aliphatic heterocycles. The van der Waals surface area contributed by atoms with E-state index in [-0.39, 0.29) is 6.04 Å². The van der Waals surface area contributed by atoms with Gasteiger partial charge in [-0.2, -0.15) is 5.26 Å². The normalized spacial score (nSPS) is 35.2. The standard InChI is InChI=1S/C14H23N3/c15-9-13(16-12-5-6-12)10-17-8-7-11-3-1-2-4-14(11)17/h11-14,16H,1-8,10H2. The third-order valence-electron chi connectivity index (χ3n) is 4.71. The van der Waals surface area contributed by atoms with E-state index >= 15 is 0 Å². The molecule has 1 N–H and O–H groups in total. The SMILES string of the molecule is N#CC(CN1CCC2CCCCC21)NC1CC1. The lowest BCUT2D eigenvalue weighted by atomic mass is 9.85. The Bertz CT molecular complexity index is 305. The molecule has 3 fully saturated rings. The molecule has 0 radical (unpaired) electrons. The third-order valence-corrected chi connectivity index (χ3v) is 4.71. The van der Waals surface area contributed by atoms with Crippen LogP contribution in [0.4, 0.5) is 0 Å². The minimum Gasteiger partial charge on any atom is -0.298 e. The summed E-state index contributed by atoms with van der Waals surface area (Å²) in [7, 11) is 0. The molecule has 3 aliphatic rings. The molecular formula is C14H23N3. The number of nitrogens with one attached hydrogen (secondary N) is 1. The fourth-order valence-electron chi connectivity index (χ4n) is 3.63. The number of hydrogen-bond donors (Lipinski definition) is 1. The molecule has 0 aromatic heterocycles. The Morgan fingerprint density at radius 2 is 2.00 bits per heavy atom. The maximum Gasteiger partial charge on any atom is 0.108 e. The zero-order valence-electron chi connectivity index (χ0n) is 10.6. The lowest BCUT2D eigenvalue weighted by Gasteiger charge is -2.32. The highest BCUT2D eigenvalue weighted by molar-refractivity contribution is 5.00. The largest absolute Gasteiger partial charge is 0.298 e. The zero-order chi connectivity index (χ0) is 11.7. The molecule has 17 heavy (non-hydrogen) atoms. The van der Waals surface area contributed by atoms with Gasteiger partial charge in [0.2, 0.25) is 0 Å². The molecule has 0 aromatic carbocycles. The Morgan fingerprint density at radius 3 is 2.76 bits per heavy atom. The van der Waals surface area contributed by atoms with E-state index in [2.05, 4.69) is 16.3 Å². The second-order valence-electron chi connectivity index (χ2n) is 6.02. The highest BCUT2D eigenvalue weighted by Crippen LogP contribution is 2.36. The molecular weight excluding hydrogens is 210 g/mol. The molecule has 3 atom stereocenters. The van der Waals surface area contributed by atoms with Gasteiger partial charge in [0.1, 0.15) is 6.04 Å². The Morgan fingerprint density at radius 1 is 1.18 bits per heavy atom. The summed E-state index contributed by atoms with van der Waals surface area (Å²) in [6.07, 6.45) is 9.52. The summed E-state index contributed by atoms with van der Waals surface area (Å²) in [6, 6.07) is 3.94. The highest BCUT2D eigenvalue weighted by atomic mass is 15.2. The summed E-state index contributed by atoms with van der Waals surface area (Å²) in [5, 5.41) is 12.7. The summed E-state index contributed by atoms with van der Waals surface area (Å²) < 4.78 is 0. The van der Waals surface area contributed by atoms with E-state index in [1.165, 1.54) is 51.5 Å². The predicted molar refractivity (Wildman–Crippen MR) is 67.5 cm³/mol. The van der Waals surface area contributed by atoms with Crippen molar-refractivity contribution < 1.29 is 0 Å². The molecule has 0 spiro atoms. The van der Waals surface area contributed by atoms with E-state index in [1.54, 1.807) is 0 Å². The van der Waals surface area contributed by atoms with Gasteiger partial charge < -0.3 is 0 Å². The minimum absolute atomic E-state index is 0.0585. The van der Waals surface area contributed by atoms with Gasteiger partial charge in [-0.05, 0) is 44.6 Å². The van der Waals surface area contributed by atoms with Crippen molar-refractivity contribution in [2.45, 2.75) is 63.1 Å². The van der Waals surface area contributed by atoms with Crippen molar-refractivity contribution in [3.8, 4) is 6.07 Å². The van der Waals surface area contributed by atoms with Gasteiger partial charge in [-0.3, -0.25) is 10.2 Å². The van der Waals surface area contributed by atoms with Gasteiger partial charge in [0.25, 0.3) is 0 Å². The Kier molecular flexibility index (Phi) is 3.35. The fraction of sp³-hybridized carbons (Fsp3) is 0.929. The Balaban J connectivity index is 1.54. The van der Waals surface area contributed by atoms with Crippen molar-refractivity contribution in [3.63, 3.8) is 0 Å². The first kappa shape index (κ1) is 11.5. The van der Waals surface area contributed by atoms with Gasteiger partial charge in [-0.25, -0.2) is 0 Å². The summed E-state index contributed by atoms with van der Waals surface area (Å²) in [4.78, 5) is 2.59. The van der Waals surface area contributed by atoms with Gasteiger partial charge in [0.15, 0.2) is 0 Å². The van der Waals surface area contributed by atoms with Crippen molar-refractivity contribution in [3.05, 3.63) is 0 Å². The van der Waals surface area contributed by atoms with E-state index < -0.39 is 0 Å². The van der Waals surface area contributed by atoms with Crippen LogP contribution in [0.2, 0.25) is 0 Å². The van der Waals surface area contributed by atoms with Crippen molar-refractivity contribution in [2.75, 3.05) is 13.1 Å². The smallest absolute Gasteiger partial charge is 0.108 e. The second kappa shape index (κ2) is 4.96. The van der Waals surface area contributed by atoms with Crippen LogP contribution < -0.4 is 5.32 Å². The summed E-state index contributed by atoms with van der Waals surface area (Å²) in [6.45, 7) is 2.17. The average Bonchev–Trinajstić information content (AvgIpc) is 3.09. The number of nitriles is 1. The Labute approximate surface area is 104 Å². The van der Waals surface area contributed by atoms with Crippen molar-refractivity contribution in [2.24, 2.45) is 5.92 Å².